The molecule has 0 fully saturated rings. The zero-order valence-corrected chi connectivity index (χ0v) is 11.0. The summed E-state index contributed by atoms with van der Waals surface area (Å²) in [5.41, 5.74) is 3.23. The van der Waals surface area contributed by atoms with E-state index in [-0.39, 0.29) is 4.90 Å². The van der Waals surface area contributed by atoms with Gasteiger partial charge < -0.3 is 5.43 Å². The molecular weight excluding hydrogens is 270 g/mol. The van der Waals surface area contributed by atoms with E-state index in [4.69, 9.17) is 5.84 Å². The zero-order chi connectivity index (χ0) is 13.8. The second-order valence-corrected chi connectivity index (χ2v) is 4.71. The lowest BCUT2D eigenvalue weighted by molar-refractivity contribution is 0.577. The van der Waals surface area contributed by atoms with Gasteiger partial charge in [-0.25, -0.2) is 24.6 Å². The van der Waals surface area contributed by atoms with Crippen molar-refractivity contribution in [1.82, 2.24) is 9.97 Å². The van der Waals surface area contributed by atoms with E-state index >= 15 is 0 Å². The Morgan fingerprint density at radius 3 is 2.79 bits per heavy atom. The summed E-state index contributed by atoms with van der Waals surface area (Å²) in [5.74, 6) is 4.86. The van der Waals surface area contributed by atoms with Gasteiger partial charge in [-0.3, -0.25) is 0 Å². The molecule has 0 aliphatic rings. The fourth-order valence-corrected chi connectivity index (χ4v) is 2.60. The summed E-state index contributed by atoms with van der Waals surface area (Å²) in [6.45, 7) is 1.91. The third-order valence-corrected chi connectivity index (χ3v) is 3.57. The molecule has 2 aromatic rings. The van der Waals surface area contributed by atoms with Gasteiger partial charge in [-0.2, -0.15) is 0 Å². The summed E-state index contributed by atoms with van der Waals surface area (Å²) in [5, 5.41) is 0.551. The summed E-state index contributed by atoms with van der Waals surface area (Å²) < 4.78 is 26.7. The number of nitrogens with one attached hydrogen (secondary N) is 1. The highest BCUT2D eigenvalue weighted by Gasteiger charge is 2.13. The first-order valence-corrected chi connectivity index (χ1v) is 6.40. The van der Waals surface area contributed by atoms with Gasteiger partial charge in [0.1, 0.15) is 28.8 Å². The predicted molar refractivity (Wildman–Crippen MR) is 69.7 cm³/mol. The fourth-order valence-electron chi connectivity index (χ4n) is 1.59. The molecule has 0 unspecified atom stereocenters. The maximum Gasteiger partial charge on any atom is 0.147 e. The van der Waals surface area contributed by atoms with Crippen LogP contribution in [0.5, 0.6) is 0 Å². The minimum absolute atomic E-state index is 0.177. The van der Waals surface area contributed by atoms with E-state index in [1.807, 2.05) is 6.92 Å². The third kappa shape index (κ3) is 2.99. The number of nitrogen functional groups attached to an aromatic ring is 1. The second kappa shape index (κ2) is 5.94. The van der Waals surface area contributed by atoms with Crippen molar-refractivity contribution in [2.45, 2.75) is 23.3 Å². The largest absolute Gasteiger partial charge is 0.308 e. The topological polar surface area (TPSA) is 63.8 Å². The van der Waals surface area contributed by atoms with Crippen LogP contribution in [0.1, 0.15) is 12.5 Å². The van der Waals surface area contributed by atoms with E-state index in [1.54, 1.807) is 0 Å². The highest BCUT2D eigenvalue weighted by atomic mass is 32.2. The number of nitrogens with zero attached hydrogens (tertiary/aromatic N) is 2. The SMILES string of the molecule is CCc1c(NN)ncnc1Sc1cc(F)ccc1F. The average Bonchev–Trinajstić information content (AvgIpc) is 2.42. The monoisotopic (exact) mass is 282 g/mol. The van der Waals surface area contributed by atoms with E-state index in [2.05, 4.69) is 15.4 Å². The number of benzene rings is 1. The average molecular weight is 282 g/mol. The van der Waals surface area contributed by atoms with Crippen LogP contribution in [0.4, 0.5) is 14.6 Å². The van der Waals surface area contributed by atoms with E-state index in [9.17, 15) is 8.78 Å². The molecule has 0 radical (unpaired) electrons. The minimum Gasteiger partial charge on any atom is -0.308 e. The van der Waals surface area contributed by atoms with Crippen LogP contribution in [0.3, 0.4) is 0 Å². The molecule has 4 nitrogen and oxygen atoms in total. The van der Waals surface area contributed by atoms with Gasteiger partial charge in [0.2, 0.25) is 0 Å². The first kappa shape index (κ1) is 13.7. The lowest BCUT2D eigenvalue weighted by Crippen LogP contribution is -2.12. The van der Waals surface area contributed by atoms with Gasteiger partial charge in [0.25, 0.3) is 0 Å². The Hall–Kier alpha value is -1.73. The van der Waals surface area contributed by atoms with Gasteiger partial charge in [0.15, 0.2) is 0 Å². The number of hydrazine groups is 1. The van der Waals surface area contributed by atoms with Crippen LogP contribution in [0, 0.1) is 11.6 Å². The maximum absolute atomic E-state index is 13.6. The van der Waals surface area contributed by atoms with Gasteiger partial charge in [0, 0.05) is 5.56 Å². The Bertz CT molecular complexity index is 592. The van der Waals surface area contributed by atoms with Crippen LogP contribution < -0.4 is 11.3 Å². The van der Waals surface area contributed by atoms with Gasteiger partial charge in [-0.15, -0.1) is 0 Å². The Morgan fingerprint density at radius 1 is 1.32 bits per heavy atom. The predicted octanol–water partition coefficient (Wildman–Crippen LogP) is 2.75. The lowest BCUT2D eigenvalue weighted by Gasteiger charge is -2.10. The third-order valence-electron chi connectivity index (χ3n) is 2.50. The number of rotatable bonds is 4. The van der Waals surface area contributed by atoms with E-state index in [1.165, 1.54) is 6.33 Å². The number of anilines is 1. The van der Waals surface area contributed by atoms with Crippen molar-refractivity contribution < 1.29 is 8.78 Å². The van der Waals surface area contributed by atoms with Gasteiger partial charge in [-0.1, -0.05) is 18.7 Å². The highest BCUT2D eigenvalue weighted by Crippen LogP contribution is 2.33. The van der Waals surface area contributed by atoms with Crippen LogP contribution in [0.15, 0.2) is 34.4 Å². The highest BCUT2D eigenvalue weighted by molar-refractivity contribution is 7.99. The van der Waals surface area contributed by atoms with Crippen LogP contribution in [-0.4, -0.2) is 9.97 Å². The number of aromatic nitrogens is 2. The standard InChI is InChI=1S/C12H12F2N4S/c1-2-8-11(18-15)16-6-17-12(8)19-10-5-7(13)3-4-9(10)14/h3-6H,2,15H2,1H3,(H,16,17,18). The summed E-state index contributed by atoms with van der Waals surface area (Å²) in [4.78, 5) is 8.25. The smallest absolute Gasteiger partial charge is 0.147 e. The molecular formula is C12H12F2N4S. The molecule has 0 spiro atoms. The molecule has 1 aromatic carbocycles. The van der Waals surface area contributed by atoms with Gasteiger partial charge >= 0.3 is 0 Å². The molecule has 100 valence electrons. The number of nitrogens with two attached hydrogens (primary N) is 1. The molecule has 0 atom stereocenters. The van der Waals surface area contributed by atoms with E-state index in [0.717, 1.165) is 35.5 Å². The molecule has 0 bridgehead atoms. The van der Waals surface area contributed by atoms with Crippen LogP contribution >= 0.6 is 11.8 Å². The lowest BCUT2D eigenvalue weighted by atomic mass is 10.2. The normalized spacial score (nSPS) is 10.5. The van der Waals surface area contributed by atoms with Crippen molar-refractivity contribution >= 4 is 17.6 Å². The molecule has 0 saturated carbocycles. The van der Waals surface area contributed by atoms with Crippen molar-refractivity contribution in [1.29, 1.82) is 0 Å². The first-order chi connectivity index (χ1) is 9.15. The van der Waals surface area contributed by atoms with Crippen molar-refractivity contribution in [2.75, 3.05) is 5.43 Å². The zero-order valence-electron chi connectivity index (χ0n) is 10.2. The second-order valence-electron chi connectivity index (χ2n) is 3.68. The Balaban J connectivity index is 2.40. The summed E-state index contributed by atoms with van der Waals surface area (Å²) in [6.07, 6.45) is 1.95. The molecule has 2 rings (SSSR count). The van der Waals surface area contributed by atoms with Crippen molar-refractivity contribution in [3.05, 3.63) is 41.7 Å². The molecule has 0 aliphatic carbocycles. The summed E-state index contributed by atoms with van der Waals surface area (Å²) in [6, 6.07) is 3.30. The number of halogens is 2. The summed E-state index contributed by atoms with van der Waals surface area (Å²) >= 11 is 1.05. The molecule has 19 heavy (non-hydrogen) atoms. The number of hydrogen-bond acceptors (Lipinski definition) is 5. The Kier molecular flexibility index (Phi) is 4.28. The molecule has 1 aromatic heterocycles. The van der Waals surface area contributed by atoms with Crippen LogP contribution in [0.25, 0.3) is 0 Å². The van der Waals surface area contributed by atoms with E-state index in [0.29, 0.717) is 17.3 Å². The Labute approximate surface area is 113 Å². The molecule has 1 heterocycles. The quantitative estimate of drug-likeness (QED) is 0.513. The molecule has 0 saturated heterocycles. The van der Waals surface area contributed by atoms with Gasteiger partial charge in [-0.05, 0) is 24.6 Å². The van der Waals surface area contributed by atoms with Crippen LogP contribution in [-0.2, 0) is 6.42 Å². The molecule has 7 heteroatoms. The number of hydrogen-bond donors (Lipinski definition) is 2. The molecule has 0 aliphatic heterocycles. The molecule has 0 amide bonds. The van der Waals surface area contributed by atoms with E-state index < -0.39 is 11.6 Å². The first-order valence-electron chi connectivity index (χ1n) is 5.59. The maximum atomic E-state index is 13.6. The summed E-state index contributed by atoms with van der Waals surface area (Å²) in [7, 11) is 0. The Morgan fingerprint density at radius 2 is 2.11 bits per heavy atom. The molecule has 3 N–H and O–H groups in total. The van der Waals surface area contributed by atoms with Gasteiger partial charge in [0.05, 0.1) is 4.90 Å². The fraction of sp³-hybridized carbons (Fsp3) is 0.167. The minimum atomic E-state index is -0.492. The van der Waals surface area contributed by atoms with Crippen molar-refractivity contribution in [2.24, 2.45) is 5.84 Å². The van der Waals surface area contributed by atoms with Crippen LogP contribution in [0.2, 0.25) is 0 Å². The van der Waals surface area contributed by atoms with Crippen molar-refractivity contribution in [3.63, 3.8) is 0 Å². The van der Waals surface area contributed by atoms with Crippen molar-refractivity contribution in [3.8, 4) is 0 Å².